The minimum absolute atomic E-state index is 0.120. The summed E-state index contributed by atoms with van der Waals surface area (Å²) < 4.78 is 0. The largest absolute Gasteiger partial charge is 0.292 e. The number of aromatic nitrogens is 1. The predicted octanol–water partition coefficient (Wildman–Crippen LogP) is 5.30. The van der Waals surface area contributed by atoms with Crippen molar-refractivity contribution in [1.29, 1.82) is 0 Å². The van der Waals surface area contributed by atoms with E-state index >= 15 is 0 Å². The number of rotatable bonds is 4. The van der Waals surface area contributed by atoms with Gasteiger partial charge in [-0.2, -0.15) is 5.10 Å². The highest BCUT2D eigenvalue weighted by molar-refractivity contribution is 8.15. The molecule has 0 bridgehead atoms. The number of carbonyl (C=O) groups excluding carboxylic acids is 1. The van der Waals surface area contributed by atoms with Gasteiger partial charge in [-0.1, -0.05) is 47.6 Å². The van der Waals surface area contributed by atoms with Crippen LogP contribution in [0.5, 0.6) is 0 Å². The second kappa shape index (κ2) is 7.68. The van der Waals surface area contributed by atoms with Crippen LogP contribution in [0, 0.1) is 6.92 Å². The number of halogens is 1. The molecule has 25 heavy (non-hydrogen) atoms. The molecular weight excluding hydrogens is 354 g/mol. The molecule has 0 aliphatic carbocycles. The summed E-state index contributed by atoms with van der Waals surface area (Å²) in [6.45, 7) is 3.40. The number of ketones is 1. The third-order valence-corrected chi connectivity index (χ3v) is 5.18. The molecule has 4 nitrogen and oxygen atoms in total. The van der Waals surface area contributed by atoms with Gasteiger partial charge in [0, 0.05) is 28.4 Å². The Kier molecular flexibility index (Phi) is 5.36. The summed E-state index contributed by atoms with van der Waals surface area (Å²) in [4.78, 5) is 17.3. The van der Waals surface area contributed by atoms with Crippen LogP contribution in [-0.4, -0.2) is 15.8 Å². The predicted molar refractivity (Wildman–Crippen MR) is 106 cm³/mol. The first-order valence-corrected chi connectivity index (χ1v) is 8.87. The highest BCUT2D eigenvalue weighted by atomic mass is 35.5. The van der Waals surface area contributed by atoms with E-state index < -0.39 is 0 Å². The van der Waals surface area contributed by atoms with E-state index in [-0.39, 0.29) is 5.78 Å². The van der Waals surface area contributed by atoms with E-state index in [1.807, 2.05) is 55.5 Å². The lowest BCUT2D eigenvalue weighted by molar-refractivity contribution is -0.110. The summed E-state index contributed by atoms with van der Waals surface area (Å²) in [6.07, 6.45) is 1.74. The number of pyridine rings is 1. The molecule has 6 heteroatoms. The molecule has 0 unspecified atom stereocenters. The third-order valence-electron chi connectivity index (χ3n) is 3.65. The summed E-state index contributed by atoms with van der Waals surface area (Å²) in [7, 11) is 0. The van der Waals surface area contributed by atoms with E-state index in [0.29, 0.717) is 10.1 Å². The Morgan fingerprint density at radius 2 is 1.92 bits per heavy atom. The fourth-order valence-electron chi connectivity index (χ4n) is 2.28. The van der Waals surface area contributed by atoms with Crippen molar-refractivity contribution in [1.82, 2.24) is 4.98 Å². The zero-order chi connectivity index (χ0) is 17.8. The van der Waals surface area contributed by atoms with Crippen molar-refractivity contribution in [3.8, 4) is 0 Å². The smallest absolute Gasteiger partial charge is 0.186 e. The number of fused-ring (bicyclic) bond motifs is 1. The number of carbonyl (C=O) groups is 1. The molecule has 0 saturated heterocycles. The van der Waals surface area contributed by atoms with Crippen LogP contribution in [0.2, 0.25) is 5.02 Å². The Balaban J connectivity index is 1.91. The zero-order valence-electron chi connectivity index (χ0n) is 13.8. The molecule has 3 rings (SSSR count). The highest BCUT2D eigenvalue weighted by Crippen LogP contribution is 2.28. The number of nitrogens with one attached hydrogen (secondary N) is 1. The van der Waals surface area contributed by atoms with Gasteiger partial charge >= 0.3 is 0 Å². The van der Waals surface area contributed by atoms with Crippen molar-refractivity contribution < 1.29 is 4.79 Å². The topological polar surface area (TPSA) is 54.4 Å². The highest BCUT2D eigenvalue weighted by Gasteiger charge is 2.12. The molecule has 0 saturated carbocycles. The fraction of sp³-hybridized carbons (Fsp3) is 0.105. The fourth-order valence-corrected chi connectivity index (χ4v) is 3.31. The molecule has 0 aliphatic rings. The van der Waals surface area contributed by atoms with Crippen molar-refractivity contribution >= 4 is 50.8 Å². The number of nitrogens with zero attached hydrogens (tertiary/aromatic N) is 2. The Bertz CT molecular complexity index is 967. The van der Waals surface area contributed by atoms with Gasteiger partial charge in [0.2, 0.25) is 0 Å². The zero-order valence-corrected chi connectivity index (χ0v) is 15.4. The van der Waals surface area contributed by atoms with Gasteiger partial charge < -0.3 is 0 Å². The van der Waals surface area contributed by atoms with Crippen molar-refractivity contribution in [3.63, 3.8) is 0 Å². The summed E-state index contributed by atoms with van der Waals surface area (Å²) in [5, 5.41) is 6.32. The molecular formula is C19H16ClN3OS. The van der Waals surface area contributed by atoms with Crippen LogP contribution in [0.1, 0.15) is 12.5 Å². The molecule has 126 valence electrons. The standard InChI is InChI=1S/C19H16ClN3OS/c1-12-15(20)8-4-9-16(12)22-23-19(13(2)24)25-17-10-3-6-14-7-5-11-21-18(14)17/h3-11,22H,1-2H3/b23-19+. The third kappa shape index (κ3) is 4.00. The van der Waals surface area contributed by atoms with Crippen LogP contribution < -0.4 is 5.43 Å². The number of hydrogen-bond donors (Lipinski definition) is 1. The summed E-state index contributed by atoms with van der Waals surface area (Å²) in [6, 6.07) is 15.3. The number of hydrogen-bond acceptors (Lipinski definition) is 5. The Hall–Kier alpha value is -2.37. The molecule has 3 aromatic rings. The van der Waals surface area contributed by atoms with E-state index in [4.69, 9.17) is 11.6 Å². The van der Waals surface area contributed by atoms with Gasteiger partial charge in [-0.25, -0.2) is 0 Å². The van der Waals surface area contributed by atoms with E-state index in [1.165, 1.54) is 18.7 Å². The lowest BCUT2D eigenvalue weighted by Crippen LogP contribution is -2.08. The van der Waals surface area contributed by atoms with Crippen LogP contribution in [0.4, 0.5) is 5.69 Å². The van der Waals surface area contributed by atoms with Gasteiger partial charge in [-0.3, -0.25) is 15.2 Å². The van der Waals surface area contributed by atoms with Crippen LogP contribution in [-0.2, 0) is 4.79 Å². The first-order valence-electron chi connectivity index (χ1n) is 7.67. The maximum Gasteiger partial charge on any atom is 0.186 e. The molecule has 0 fully saturated rings. The Morgan fingerprint density at radius 3 is 2.72 bits per heavy atom. The van der Waals surface area contributed by atoms with Crippen molar-refractivity contribution in [2.75, 3.05) is 5.43 Å². The van der Waals surface area contributed by atoms with E-state index in [2.05, 4.69) is 15.5 Å². The van der Waals surface area contributed by atoms with Crippen LogP contribution >= 0.6 is 23.4 Å². The monoisotopic (exact) mass is 369 g/mol. The first kappa shape index (κ1) is 17.5. The molecule has 0 aliphatic heterocycles. The summed E-state index contributed by atoms with van der Waals surface area (Å²) in [5.74, 6) is -0.120. The van der Waals surface area contributed by atoms with Gasteiger partial charge in [0.05, 0.1) is 11.2 Å². The average molecular weight is 370 g/mol. The molecule has 0 radical (unpaired) electrons. The Morgan fingerprint density at radius 1 is 1.16 bits per heavy atom. The first-order chi connectivity index (χ1) is 12.1. The maximum atomic E-state index is 12.0. The quantitative estimate of drug-likeness (QED) is 0.293. The number of anilines is 1. The Labute approximate surface area is 155 Å². The van der Waals surface area contributed by atoms with E-state index in [9.17, 15) is 4.79 Å². The molecule has 0 spiro atoms. The average Bonchev–Trinajstić information content (AvgIpc) is 2.61. The second-order valence-electron chi connectivity index (χ2n) is 5.43. The molecule has 1 aromatic heterocycles. The maximum absolute atomic E-state index is 12.0. The van der Waals surface area contributed by atoms with Gasteiger partial charge in [0.1, 0.15) is 0 Å². The van der Waals surface area contributed by atoms with Crippen LogP contribution in [0.15, 0.2) is 64.7 Å². The molecule has 1 heterocycles. The van der Waals surface area contributed by atoms with Crippen molar-refractivity contribution in [2.45, 2.75) is 18.7 Å². The molecule has 0 atom stereocenters. The minimum Gasteiger partial charge on any atom is -0.292 e. The number of Topliss-reactive ketones (excluding diaryl/α,β-unsaturated/α-hetero) is 1. The second-order valence-corrected chi connectivity index (χ2v) is 6.87. The van der Waals surface area contributed by atoms with Gasteiger partial charge in [-0.15, -0.1) is 0 Å². The van der Waals surface area contributed by atoms with Gasteiger partial charge in [0.15, 0.2) is 10.8 Å². The van der Waals surface area contributed by atoms with Crippen molar-refractivity contribution in [2.24, 2.45) is 5.10 Å². The summed E-state index contributed by atoms with van der Waals surface area (Å²) in [5.41, 5.74) is 5.44. The number of hydrazone groups is 1. The molecule has 2 aromatic carbocycles. The van der Waals surface area contributed by atoms with Crippen LogP contribution in [0.3, 0.4) is 0 Å². The van der Waals surface area contributed by atoms with Crippen molar-refractivity contribution in [3.05, 3.63) is 65.3 Å². The molecule has 1 N–H and O–H groups in total. The SMILES string of the molecule is CC(=O)/C(=N\Nc1cccc(Cl)c1C)Sc1cccc2cccnc12. The number of para-hydroxylation sites is 1. The lowest BCUT2D eigenvalue weighted by atomic mass is 10.2. The lowest BCUT2D eigenvalue weighted by Gasteiger charge is -2.09. The minimum atomic E-state index is -0.120. The van der Waals surface area contributed by atoms with Gasteiger partial charge in [-0.05, 0) is 36.8 Å². The van der Waals surface area contributed by atoms with E-state index in [0.717, 1.165) is 27.0 Å². The van der Waals surface area contributed by atoms with E-state index in [1.54, 1.807) is 6.20 Å². The molecule has 0 amide bonds. The number of thioether (sulfide) groups is 1. The normalized spacial score (nSPS) is 11.6. The van der Waals surface area contributed by atoms with Gasteiger partial charge in [0.25, 0.3) is 0 Å². The van der Waals surface area contributed by atoms with Crippen LogP contribution in [0.25, 0.3) is 10.9 Å². The number of benzene rings is 2. The summed E-state index contributed by atoms with van der Waals surface area (Å²) >= 11 is 7.42.